The number of nitrogens with two attached hydrogens (primary N) is 1. The van der Waals surface area contributed by atoms with Crippen LogP contribution in [0, 0.1) is 0 Å². The van der Waals surface area contributed by atoms with Crippen molar-refractivity contribution in [2.75, 3.05) is 53.2 Å². The fraction of sp³-hybridized carbons (Fsp3) is 0.500. The van der Waals surface area contributed by atoms with Crippen LogP contribution in [0.15, 0.2) is 33.2 Å². The lowest BCUT2D eigenvalue weighted by atomic mass is 10.0. The van der Waals surface area contributed by atoms with Crippen molar-refractivity contribution < 1.29 is 14.3 Å². The molecule has 0 fully saturated rings. The van der Waals surface area contributed by atoms with E-state index in [0.717, 1.165) is 84.2 Å². The number of fused-ring (bicyclic) bond motifs is 1. The highest BCUT2D eigenvalue weighted by Gasteiger charge is 2.22. The Balaban J connectivity index is 1.39. The molecule has 3 rings (SSSR count). The summed E-state index contributed by atoms with van der Waals surface area (Å²) in [6.45, 7) is 3.57. The summed E-state index contributed by atoms with van der Waals surface area (Å²) in [5.74, 6) is 1.59. The number of rotatable bonds is 11. The molecule has 1 amide bonds. The lowest BCUT2D eigenvalue weighted by Gasteiger charge is -2.22. The largest absolute Gasteiger partial charge is 0.493 e. The Labute approximate surface area is 220 Å². The first kappa shape index (κ1) is 26.8. The Morgan fingerprint density at radius 1 is 0.971 bits per heavy atom. The molecule has 8 heteroatoms. The third kappa shape index (κ3) is 7.12. The van der Waals surface area contributed by atoms with E-state index in [0.29, 0.717) is 12.2 Å². The Hall–Kier alpha value is -1.77. The molecule has 6 nitrogen and oxygen atoms in total. The summed E-state index contributed by atoms with van der Waals surface area (Å²) < 4.78 is 12.7. The number of carbonyl (C=O) groups excluding carboxylic acids is 1. The van der Waals surface area contributed by atoms with Crippen LogP contribution in [0.2, 0.25) is 0 Å². The van der Waals surface area contributed by atoms with Gasteiger partial charge in [-0.15, -0.1) is 0 Å². The van der Waals surface area contributed by atoms with Gasteiger partial charge in [-0.1, -0.05) is 0 Å². The molecule has 34 heavy (non-hydrogen) atoms. The lowest BCUT2D eigenvalue weighted by molar-refractivity contribution is -0.130. The molecular weight excluding hydrogens is 562 g/mol. The van der Waals surface area contributed by atoms with Crippen molar-refractivity contribution in [3.63, 3.8) is 0 Å². The first-order chi connectivity index (χ1) is 16.3. The van der Waals surface area contributed by atoms with Crippen LogP contribution in [0.25, 0.3) is 0 Å². The van der Waals surface area contributed by atoms with E-state index in [9.17, 15) is 4.79 Å². The molecule has 0 atom stereocenters. The molecule has 0 saturated carbocycles. The fourth-order valence-electron chi connectivity index (χ4n) is 4.39. The van der Waals surface area contributed by atoms with Gasteiger partial charge in [0.1, 0.15) is 0 Å². The van der Waals surface area contributed by atoms with Gasteiger partial charge < -0.3 is 25.0 Å². The molecule has 0 aliphatic carbocycles. The van der Waals surface area contributed by atoms with Crippen molar-refractivity contribution in [1.29, 1.82) is 0 Å². The number of nitrogen functional groups attached to an aromatic ring is 1. The van der Waals surface area contributed by atoms with E-state index in [1.54, 1.807) is 14.2 Å². The predicted octanol–water partition coefficient (Wildman–Crippen LogP) is 5.08. The van der Waals surface area contributed by atoms with Crippen molar-refractivity contribution in [3.05, 3.63) is 49.9 Å². The molecule has 0 aromatic heterocycles. The molecule has 2 aromatic rings. The minimum absolute atomic E-state index is 0.189. The van der Waals surface area contributed by atoms with Crippen molar-refractivity contribution >= 4 is 43.5 Å². The van der Waals surface area contributed by atoms with E-state index >= 15 is 0 Å². The third-order valence-corrected chi connectivity index (χ3v) is 7.73. The van der Waals surface area contributed by atoms with E-state index in [2.05, 4.69) is 55.9 Å². The minimum Gasteiger partial charge on any atom is -0.493 e. The molecule has 0 bridgehead atoms. The summed E-state index contributed by atoms with van der Waals surface area (Å²) >= 11 is 7.04. The maximum absolute atomic E-state index is 12.8. The normalized spacial score (nSPS) is 13.7. The molecular formula is C26H35Br2N3O3. The van der Waals surface area contributed by atoms with Crippen molar-refractivity contribution in [2.24, 2.45) is 0 Å². The van der Waals surface area contributed by atoms with Crippen molar-refractivity contribution in [2.45, 2.75) is 38.5 Å². The number of aryl methyl sites for hydroxylation is 1. The van der Waals surface area contributed by atoms with Crippen LogP contribution in [0.4, 0.5) is 5.69 Å². The first-order valence-corrected chi connectivity index (χ1v) is 13.3. The number of carbonyl (C=O) groups is 1. The average Bonchev–Trinajstić information content (AvgIpc) is 2.97. The predicted molar refractivity (Wildman–Crippen MR) is 145 cm³/mol. The second-order valence-corrected chi connectivity index (χ2v) is 10.6. The molecule has 186 valence electrons. The maximum atomic E-state index is 12.8. The summed E-state index contributed by atoms with van der Waals surface area (Å²) in [7, 11) is 5.43. The number of hydrogen-bond donors (Lipinski definition) is 1. The monoisotopic (exact) mass is 595 g/mol. The molecule has 2 aromatic carbocycles. The van der Waals surface area contributed by atoms with Gasteiger partial charge in [0.2, 0.25) is 5.91 Å². The number of unbranched alkanes of at least 4 members (excludes halogenated alkanes) is 1. The van der Waals surface area contributed by atoms with Crippen LogP contribution < -0.4 is 15.2 Å². The maximum Gasteiger partial charge on any atom is 0.227 e. The lowest BCUT2D eigenvalue weighted by Crippen LogP contribution is -2.35. The Morgan fingerprint density at radius 2 is 1.59 bits per heavy atom. The quantitative estimate of drug-likeness (QED) is 0.289. The molecule has 1 heterocycles. The zero-order valence-electron chi connectivity index (χ0n) is 20.3. The van der Waals surface area contributed by atoms with E-state index in [1.807, 2.05) is 17.0 Å². The van der Waals surface area contributed by atoms with E-state index in [-0.39, 0.29) is 5.91 Å². The first-order valence-electron chi connectivity index (χ1n) is 11.8. The van der Waals surface area contributed by atoms with Crippen LogP contribution >= 0.6 is 31.9 Å². The van der Waals surface area contributed by atoms with Crippen molar-refractivity contribution in [1.82, 2.24) is 9.80 Å². The molecule has 1 aliphatic heterocycles. The van der Waals surface area contributed by atoms with Gasteiger partial charge in [0.25, 0.3) is 0 Å². The zero-order valence-corrected chi connectivity index (χ0v) is 23.5. The van der Waals surface area contributed by atoms with Crippen LogP contribution in [0.3, 0.4) is 0 Å². The average molecular weight is 597 g/mol. The Bertz CT molecular complexity index is 976. The topological polar surface area (TPSA) is 68.0 Å². The minimum atomic E-state index is 0.189. The van der Waals surface area contributed by atoms with Gasteiger partial charge in [0.05, 0.1) is 26.3 Å². The third-order valence-electron chi connectivity index (χ3n) is 6.41. The molecule has 0 spiro atoms. The van der Waals surface area contributed by atoms with Gasteiger partial charge in [-0.25, -0.2) is 0 Å². The van der Waals surface area contributed by atoms with E-state index < -0.39 is 0 Å². The molecule has 2 N–H and O–H groups in total. The van der Waals surface area contributed by atoms with Crippen LogP contribution in [-0.2, 0) is 24.1 Å². The van der Waals surface area contributed by atoms with Crippen molar-refractivity contribution in [3.8, 4) is 11.5 Å². The SMILES string of the molecule is COc1cc2c(cc1OC)CC(=O)N(CCCN(C)CCCCc1cc(Br)c(N)c(Br)c1)CC2. The number of benzene rings is 2. The number of amides is 1. The molecule has 0 unspecified atom stereocenters. The summed E-state index contributed by atoms with van der Waals surface area (Å²) in [5.41, 5.74) is 10.2. The molecule has 1 aliphatic rings. The molecule has 0 radical (unpaired) electrons. The van der Waals surface area contributed by atoms with Gasteiger partial charge in [-0.05, 0) is 125 Å². The Kier molecular flexibility index (Phi) is 10.1. The summed E-state index contributed by atoms with van der Waals surface area (Å²) in [6.07, 6.45) is 5.53. The zero-order chi connectivity index (χ0) is 24.7. The number of nitrogens with zero attached hydrogens (tertiary/aromatic N) is 2. The number of hydrogen-bond acceptors (Lipinski definition) is 5. The Morgan fingerprint density at radius 3 is 2.24 bits per heavy atom. The highest BCUT2D eigenvalue weighted by molar-refractivity contribution is 9.11. The van der Waals surface area contributed by atoms with Gasteiger partial charge in [-0.2, -0.15) is 0 Å². The number of anilines is 1. The van der Waals surface area contributed by atoms with Crippen LogP contribution in [0.5, 0.6) is 11.5 Å². The summed E-state index contributed by atoms with van der Waals surface area (Å²) in [5, 5.41) is 0. The summed E-state index contributed by atoms with van der Waals surface area (Å²) in [4.78, 5) is 17.2. The standard InChI is InChI=1S/C26H35Br2N3O3/c1-30(9-5-4-7-18-13-21(27)26(29)22(28)14-18)10-6-11-31-12-8-19-15-23(33-2)24(34-3)16-20(19)17-25(31)32/h13-16H,4-12,17,29H2,1-3H3. The van der Waals surface area contributed by atoms with Crippen LogP contribution in [0.1, 0.15) is 36.0 Å². The van der Waals surface area contributed by atoms with Gasteiger partial charge in [0, 0.05) is 22.0 Å². The molecule has 0 saturated heterocycles. The highest BCUT2D eigenvalue weighted by Crippen LogP contribution is 2.32. The fourth-order valence-corrected chi connectivity index (χ4v) is 5.67. The van der Waals surface area contributed by atoms with E-state index in [1.165, 1.54) is 11.1 Å². The number of ether oxygens (including phenoxy) is 2. The van der Waals surface area contributed by atoms with Gasteiger partial charge in [0.15, 0.2) is 11.5 Å². The van der Waals surface area contributed by atoms with Gasteiger partial charge in [-0.3, -0.25) is 4.79 Å². The number of halogens is 2. The van der Waals surface area contributed by atoms with E-state index in [4.69, 9.17) is 15.2 Å². The highest BCUT2D eigenvalue weighted by atomic mass is 79.9. The summed E-state index contributed by atoms with van der Waals surface area (Å²) in [6, 6.07) is 8.17. The second kappa shape index (κ2) is 12.8. The second-order valence-electron chi connectivity index (χ2n) is 8.87. The number of methoxy groups -OCH3 is 2. The van der Waals surface area contributed by atoms with Crippen LogP contribution in [-0.4, -0.2) is 63.2 Å². The smallest absolute Gasteiger partial charge is 0.227 e. The van der Waals surface area contributed by atoms with Gasteiger partial charge >= 0.3 is 0 Å².